The van der Waals surface area contributed by atoms with Crippen molar-refractivity contribution in [3.63, 3.8) is 0 Å². The number of likely N-dealkylation sites (tertiary alicyclic amines) is 1. The van der Waals surface area contributed by atoms with Crippen LogP contribution < -0.4 is 4.74 Å². The largest absolute Gasteiger partial charge is 0.488 e. The minimum Gasteiger partial charge on any atom is -0.488 e. The predicted octanol–water partition coefficient (Wildman–Crippen LogP) is 3.30. The van der Waals surface area contributed by atoms with E-state index in [1.165, 1.54) is 12.1 Å². The van der Waals surface area contributed by atoms with Crippen LogP contribution in [0, 0.1) is 5.82 Å². The molecule has 1 saturated heterocycles. The van der Waals surface area contributed by atoms with Crippen molar-refractivity contribution in [2.45, 2.75) is 45.3 Å². The lowest BCUT2D eigenvalue weighted by molar-refractivity contribution is 0.0186. The maximum absolute atomic E-state index is 13.9. The van der Waals surface area contributed by atoms with E-state index in [4.69, 9.17) is 14.6 Å². The molecular formula is C17H22FNO5. The van der Waals surface area contributed by atoms with Crippen molar-refractivity contribution >= 4 is 12.1 Å². The second-order valence-electron chi connectivity index (χ2n) is 6.73. The Morgan fingerprint density at radius 2 is 2.08 bits per heavy atom. The zero-order valence-corrected chi connectivity index (χ0v) is 14.0. The summed E-state index contributed by atoms with van der Waals surface area (Å²) in [5.41, 5.74) is -0.722. The summed E-state index contributed by atoms with van der Waals surface area (Å²) in [7, 11) is 0. The fourth-order valence-electron chi connectivity index (χ4n) is 2.51. The average molecular weight is 339 g/mol. The number of amides is 1. The molecule has 1 heterocycles. The normalized spacial score (nSPS) is 17.7. The third kappa shape index (κ3) is 4.59. The number of carboxylic acid groups (broad SMARTS) is 1. The van der Waals surface area contributed by atoms with E-state index in [-0.39, 0.29) is 24.0 Å². The highest BCUT2D eigenvalue weighted by atomic mass is 19.1. The summed E-state index contributed by atoms with van der Waals surface area (Å²) < 4.78 is 24.7. The Hall–Kier alpha value is -2.31. The van der Waals surface area contributed by atoms with Gasteiger partial charge in [0.1, 0.15) is 12.2 Å². The summed E-state index contributed by atoms with van der Waals surface area (Å²) in [5, 5.41) is 8.83. The number of carboxylic acids is 1. The summed E-state index contributed by atoms with van der Waals surface area (Å²) in [6, 6.07) is 3.28. The van der Waals surface area contributed by atoms with Gasteiger partial charge in [0, 0.05) is 6.54 Å². The monoisotopic (exact) mass is 339 g/mol. The van der Waals surface area contributed by atoms with Gasteiger partial charge in [0.05, 0.1) is 11.6 Å². The number of nitrogens with zero attached hydrogens (tertiary/aromatic N) is 1. The van der Waals surface area contributed by atoms with Gasteiger partial charge in [-0.15, -0.1) is 0 Å². The molecule has 132 valence electrons. The molecule has 0 aromatic heterocycles. The van der Waals surface area contributed by atoms with Gasteiger partial charge in [0.15, 0.2) is 11.6 Å². The van der Waals surface area contributed by atoms with Crippen molar-refractivity contribution in [1.82, 2.24) is 4.90 Å². The number of aromatic carboxylic acids is 1. The lowest BCUT2D eigenvalue weighted by atomic mass is 10.2. The third-order valence-electron chi connectivity index (χ3n) is 3.62. The number of ether oxygens (including phenoxy) is 2. The van der Waals surface area contributed by atoms with Crippen LogP contribution >= 0.6 is 0 Å². The minimum atomic E-state index is -1.20. The Labute approximate surface area is 140 Å². The van der Waals surface area contributed by atoms with Crippen molar-refractivity contribution in [2.75, 3.05) is 13.2 Å². The second kappa shape index (κ2) is 7.07. The van der Waals surface area contributed by atoms with Crippen LogP contribution in [0.5, 0.6) is 5.75 Å². The Balaban J connectivity index is 1.98. The molecule has 0 saturated carbocycles. The van der Waals surface area contributed by atoms with Gasteiger partial charge in [-0.2, -0.15) is 0 Å². The first-order valence-corrected chi connectivity index (χ1v) is 7.82. The van der Waals surface area contributed by atoms with E-state index in [1.807, 2.05) is 0 Å². The van der Waals surface area contributed by atoms with Gasteiger partial charge in [-0.1, -0.05) is 0 Å². The van der Waals surface area contributed by atoms with Gasteiger partial charge in [0.2, 0.25) is 0 Å². The van der Waals surface area contributed by atoms with Crippen molar-refractivity contribution in [3.05, 3.63) is 29.6 Å². The van der Waals surface area contributed by atoms with Gasteiger partial charge in [-0.3, -0.25) is 0 Å². The molecule has 0 spiro atoms. The standard InChI is InChI=1S/C17H22FNO5/c1-17(2,3)24-16(22)19-8-4-5-12(19)10-23-14-7-6-11(15(20)21)9-13(14)18/h6-7,9,12H,4-5,8,10H2,1-3H3,(H,20,21). The van der Waals surface area contributed by atoms with Gasteiger partial charge >= 0.3 is 12.1 Å². The smallest absolute Gasteiger partial charge is 0.410 e. The zero-order valence-electron chi connectivity index (χ0n) is 14.0. The Morgan fingerprint density at radius 1 is 1.38 bits per heavy atom. The van der Waals surface area contributed by atoms with Crippen LogP contribution in [0.25, 0.3) is 0 Å². The molecule has 1 aliphatic heterocycles. The number of benzene rings is 1. The third-order valence-corrected chi connectivity index (χ3v) is 3.62. The Kier molecular flexibility index (Phi) is 5.31. The molecule has 0 bridgehead atoms. The van der Waals surface area contributed by atoms with Gasteiger partial charge in [0.25, 0.3) is 0 Å². The topological polar surface area (TPSA) is 76.1 Å². The Morgan fingerprint density at radius 3 is 2.67 bits per heavy atom. The molecule has 6 nitrogen and oxygen atoms in total. The summed E-state index contributed by atoms with van der Waals surface area (Å²) in [6.07, 6.45) is 1.16. The number of rotatable bonds is 4. The van der Waals surface area contributed by atoms with E-state index >= 15 is 0 Å². The fraction of sp³-hybridized carbons (Fsp3) is 0.529. The molecule has 1 amide bonds. The fourth-order valence-corrected chi connectivity index (χ4v) is 2.51. The SMILES string of the molecule is CC(C)(C)OC(=O)N1CCCC1COc1ccc(C(=O)O)cc1F. The first-order valence-electron chi connectivity index (χ1n) is 7.82. The molecule has 2 rings (SSSR count). The van der Waals surface area contributed by atoms with Crippen LogP contribution in [0.15, 0.2) is 18.2 Å². The van der Waals surface area contributed by atoms with Crippen LogP contribution in [0.1, 0.15) is 44.0 Å². The molecule has 0 radical (unpaired) electrons. The van der Waals surface area contributed by atoms with Crippen LogP contribution in [-0.4, -0.2) is 46.9 Å². The first kappa shape index (κ1) is 18.0. The van der Waals surface area contributed by atoms with E-state index in [1.54, 1.807) is 25.7 Å². The maximum atomic E-state index is 13.9. The maximum Gasteiger partial charge on any atom is 0.410 e. The minimum absolute atomic E-state index is 0.0314. The molecule has 1 aliphatic rings. The van der Waals surface area contributed by atoms with Crippen molar-refractivity contribution in [2.24, 2.45) is 0 Å². The molecule has 1 atom stereocenters. The number of hydrogen-bond donors (Lipinski definition) is 1. The van der Waals surface area contributed by atoms with Crippen LogP contribution in [0.3, 0.4) is 0 Å². The molecule has 7 heteroatoms. The number of carbonyl (C=O) groups is 2. The highest BCUT2D eigenvalue weighted by Crippen LogP contribution is 2.24. The summed E-state index contributed by atoms with van der Waals surface area (Å²) in [6.45, 7) is 6.09. The van der Waals surface area contributed by atoms with Gasteiger partial charge in [-0.05, 0) is 51.8 Å². The molecule has 1 aromatic carbocycles. The van der Waals surface area contributed by atoms with Crippen molar-refractivity contribution in [3.8, 4) is 5.75 Å². The van der Waals surface area contributed by atoms with Crippen LogP contribution in [-0.2, 0) is 4.74 Å². The van der Waals surface area contributed by atoms with Gasteiger partial charge < -0.3 is 19.5 Å². The Bertz CT molecular complexity index is 626. The second-order valence-corrected chi connectivity index (χ2v) is 6.73. The molecule has 1 N–H and O–H groups in total. The van der Waals surface area contributed by atoms with E-state index < -0.39 is 23.5 Å². The van der Waals surface area contributed by atoms with E-state index in [0.29, 0.717) is 6.54 Å². The lowest BCUT2D eigenvalue weighted by Crippen LogP contribution is -2.42. The number of halogens is 1. The zero-order chi connectivity index (χ0) is 17.9. The molecule has 1 aromatic rings. The summed E-state index contributed by atoms with van der Waals surface area (Å²) in [5.74, 6) is -1.97. The summed E-state index contributed by atoms with van der Waals surface area (Å²) >= 11 is 0. The first-order chi connectivity index (χ1) is 11.2. The van der Waals surface area contributed by atoms with E-state index in [9.17, 15) is 14.0 Å². The number of hydrogen-bond acceptors (Lipinski definition) is 4. The molecule has 24 heavy (non-hydrogen) atoms. The van der Waals surface area contributed by atoms with Gasteiger partial charge in [-0.25, -0.2) is 14.0 Å². The quantitative estimate of drug-likeness (QED) is 0.911. The molecule has 1 unspecified atom stereocenters. The average Bonchev–Trinajstić information content (AvgIpc) is 2.92. The molecule has 0 aliphatic carbocycles. The highest BCUT2D eigenvalue weighted by Gasteiger charge is 2.32. The lowest BCUT2D eigenvalue weighted by Gasteiger charge is -2.28. The van der Waals surface area contributed by atoms with Crippen LogP contribution in [0.2, 0.25) is 0 Å². The van der Waals surface area contributed by atoms with Crippen LogP contribution in [0.4, 0.5) is 9.18 Å². The summed E-state index contributed by atoms with van der Waals surface area (Å²) in [4.78, 5) is 24.6. The molecular weight excluding hydrogens is 317 g/mol. The van der Waals surface area contributed by atoms with E-state index in [2.05, 4.69) is 0 Å². The molecule has 1 fully saturated rings. The van der Waals surface area contributed by atoms with Crippen molar-refractivity contribution in [1.29, 1.82) is 0 Å². The predicted molar refractivity (Wildman–Crippen MR) is 84.8 cm³/mol. The number of carbonyl (C=O) groups excluding carboxylic acids is 1. The highest BCUT2D eigenvalue weighted by molar-refractivity contribution is 5.87. The van der Waals surface area contributed by atoms with E-state index in [0.717, 1.165) is 18.9 Å². The van der Waals surface area contributed by atoms with Crippen molar-refractivity contribution < 1.29 is 28.6 Å².